The molecule has 0 aliphatic heterocycles. The van der Waals surface area contributed by atoms with Gasteiger partial charge in [-0.25, -0.2) is 4.39 Å². The van der Waals surface area contributed by atoms with Crippen molar-refractivity contribution in [2.24, 2.45) is 0 Å². The lowest BCUT2D eigenvalue weighted by molar-refractivity contribution is -0.111. The van der Waals surface area contributed by atoms with Gasteiger partial charge in [0, 0.05) is 11.1 Å². The van der Waals surface area contributed by atoms with Gasteiger partial charge in [0.15, 0.2) is 0 Å². The molecule has 0 saturated heterocycles. The third-order valence-electron chi connectivity index (χ3n) is 2.72. The molecule has 2 aromatic rings. The number of rotatable bonds is 5. The molecule has 1 N–H and O–H groups in total. The van der Waals surface area contributed by atoms with Crippen molar-refractivity contribution in [2.45, 2.75) is 6.61 Å². The highest BCUT2D eigenvalue weighted by Crippen LogP contribution is 2.20. The highest BCUT2D eigenvalue weighted by molar-refractivity contribution is 6.30. The maximum Gasteiger partial charge on any atom is 0.387 e. The molecule has 23 heavy (non-hydrogen) atoms. The summed E-state index contributed by atoms with van der Waals surface area (Å²) >= 11 is 5.72. The maximum atomic E-state index is 13.5. The van der Waals surface area contributed by atoms with Gasteiger partial charge < -0.3 is 10.1 Å². The Kier molecular flexibility index (Phi) is 5.65. The Bertz CT molecular complexity index is 718. The summed E-state index contributed by atoms with van der Waals surface area (Å²) in [4.78, 5) is 11.7. The minimum atomic E-state index is -2.89. The first-order valence-corrected chi connectivity index (χ1v) is 6.81. The Morgan fingerprint density at radius 3 is 2.52 bits per heavy atom. The molecule has 0 aliphatic rings. The average Bonchev–Trinajstić information content (AvgIpc) is 2.50. The Morgan fingerprint density at radius 1 is 1.17 bits per heavy atom. The number of ether oxygens (including phenoxy) is 1. The molecule has 0 radical (unpaired) electrons. The first kappa shape index (κ1) is 16.9. The smallest absolute Gasteiger partial charge is 0.387 e. The number of anilines is 1. The summed E-state index contributed by atoms with van der Waals surface area (Å²) in [6.07, 6.45) is 2.63. The molecule has 3 nitrogen and oxygen atoms in total. The molecular formula is C16H11ClF3NO2. The normalized spacial score (nSPS) is 11.0. The van der Waals surface area contributed by atoms with Crippen LogP contribution in [0.2, 0.25) is 5.02 Å². The molecule has 0 fully saturated rings. The summed E-state index contributed by atoms with van der Waals surface area (Å²) in [6, 6.07) is 9.50. The number of halogens is 4. The SMILES string of the molecule is O=C(/C=C/c1ccc(OC(F)F)cc1)Nc1cc(Cl)ccc1F. The summed E-state index contributed by atoms with van der Waals surface area (Å²) < 4.78 is 41.7. The van der Waals surface area contributed by atoms with Crippen LogP contribution in [-0.4, -0.2) is 12.5 Å². The van der Waals surface area contributed by atoms with Crippen LogP contribution in [0.4, 0.5) is 18.9 Å². The van der Waals surface area contributed by atoms with Crippen LogP contribution in [0.25, 0.3) is 6.08 Å². The van der Waals surface area contributed by atoms with Gasteiger partial charge in [-0.2, -0.15) is 8.78 Å². The van der Waals surface area contributed by atoms with E-state index in [2.05, 4.69) is 10.1 Å². The van der Waals surface area contributed by atoms with Gasteiger partial charge in [-0.15, -0.1) is 0 Å². The van der Waals surface area contributed by atoms with Gasteiger partial charge in [0.2, 0.25) is 5.91 Å². The quantitative estimate of drug-likeness (QED) is 0.798. The lowest BCUT2D eigenvalue weighted by atomic mass is 10.2. The minimum absolute atomic E-state index is 0.0163. The van der Waals surface area contributed by atoms with E-state index in [1.807, 2.05) is 0 Å². The number of nitrogens with one attached hydrogen (secondary N) is 1. The lowest BCUT2D eigenvalue weighted by Crippen LogP contribution is -2.09. The van der Waals surface area contributed by atoms with Crippen LogP contribution in [0.1, 0.15) is 5.56 Å². The van der Waals surface area contributed by atoms with Crippen molar-refractivity contribution in [1.82, 2.24) is 0 Å². The second-order valence-electron chi connectivity index (χ2n) is 4.39. The van der Waals surface area contributed by atoms with Gasteiger partial charge in [0.1, 0.15) is 11.6 Å². The fraction of sp³-hybridized carbons (Fsp3) is 0.0625. The molecule has 0 atom stereocenters. The van der Waals surface area contributed by atoms with E-state index in [0.717, 1.165) is 6.07 Å². The van der Waals surface area contributed by atoms with Crippen molar-refractivity contribution in [3.63, 3.8) is 0 Å². The van der Waals surface area contributed by atoms with Gasteiger partial charge in [-0.3, -0.25) is 4.79 Å². The number of alkyl halides is 2. The van der Waals surface area contributed by atoms with Crippen molar-refractivity contribution >= 4 is 29.3 Å². The van der Waals surface area contributed by atoms with E-state index in [1.54, 1.807) is 0 Å². The van der Waals surface area contributed by atoms with Crippen LogP contribution in [0.3, 0.4) is 0 Å². The van der Waals surface area contributed by atoms with E-state index in [1.165, 1.54) is 48.6 Å². The Labute approximate surface area is 135 Å². The topological polar surface area (TPSA) is 38.3 Å². The zero-order valence-corrected chi connectivity index (χ0v) is 12.4. The number of carbonyl (C=O) groups excluding carboxylic acids is 1. The number of benzene rings is 2. The fourth-order valence-electron chi connectivity index (χ4n) is 1.70. The average molecular weight is 342 g/mol. The second kappa shape index (κ2) is 7.69. The molecule has 0 aromatic heterocycles. The molecule has 0 saturated carbocycles. The summed E-state index contributed by atoms with van der Waals surface area (Å²) in [5.74, 6) is -1.15. The standard InChI is InChI=1S/C16H11ClF3NO2/c17-11-4-7-13(18)14(9-11)21-15(22)8-3-10-1-5-12(6-2-10)23-16(19)20/h1-9,16H,(H,21,22)/b8-3+. The number of hydrogen-bond acceptors (Lipinski definition) is 2. The second-order valence-corrected chi connectivity index (χ2v) is 4.83. The number of amides is 1. The van der Waals surface area contributed by atoms with Gasteiger partial charge in [0.05, 0.1) is 5.69 Å². The molecule has 7 heteroatoms. The van der Waals surface area contributed by atoms with Gasteiger partial charge in [0.25, 0.3) is 0 Å². The number of hydrogen-bond donors (Lipinski definition) is 1. The van der Waals surface area contributed by atoms with Gasteiger partial charge >= 0.3 is 6.61 Å². The largest absolute Gasteiger partial charge is 0.435 e. The van der Waals surface area contributed by atoms with Crippen molar-refractivity contribution in [3.05, 3.63) is 64.9 Å². The first-order chi connectivity index (χ1) is 10.9. The highest BCUT2D eigenvalue weighted by atomic mass is 35.5. The molecule has 120 valence electrons. The molecular weight excluding hydrogens is 331 g/mol. The molecule has 0 spiro atoms. The predicted molar refractivity (Wildman–Crippen MR) is 82.1 cm³/mol. The van der Waals surface area contributed by atoms with Crippen molar-refractivity contribution in [3.8, 4) is 5.75 Å². The fourth-order valence-corrected chi connectivity index (χ4v) is 1.87. The van der Waals surface area contributed by atoms with Crippen LogP contribution in [0, 0.1) is 5.82 Å². The van der Waals surface area contributed by atoms with Crippen LogP contribution >= 0.6 is 11.6 Å². The van der Waals surface area contributed by atoms with Crippen LogP contribution in [0.5, 0.6) is 5.75 Å². The summed E-state index contributed by atoms with van der Waals surface area (Å²) in [6.45, 7) is -2.89. The molecule has 2 aromatic carbocycles. The van der Waals surface area contributed by atoms with E-state index in [-0.39, 0.29) is 11.4 Å². The van der Waals surface area contributed by atoms with Gasteiger partial charge in [-0.05, 0) is 42.0 Å². The van der Waals surface area contributed by atoms with Crippen molar-refractivity contribution in [1.29, 1.82) is 0 Å². The lowest BCUT2D eigenvalue weighted by Gasteiger charge is -2.05. The zero-order valence-electron chi connectivity index (χ0n) is 11.6. The molecule has 1 amide bonds. The highest BCUT2D eigenvalue weighted by Gasteiger charge is 2.06. The van der Waals surface area contributed by atoms with Crippen LogP contribution in [-0.2, 0) is 4.79 Å². The minimum Gasteiger partial charge on any atom is -0.435 e. The first-order valence-electron chi connectivity index (χ1n) is 6.43. The van der Waals surface area contributed by atoms with Crippen LogP contribution < -0.4 is 10.1 Å². The third-order valence-corrected chi connectivity index (χ3v) is 2.95. The third kappa shape index (κ3) is 5.34. The zero-order chi connectivity index (χ0) is 16.8. The summed E-state index contributed by atoms with van der Waals surface area (Å²) in [5.41, 5.74) is 0.557. The van der Waals surface area contributed by atoms with E-state index in [9.17, 15) is 18.0 Å². The predicted octanol–water partition coefficient (Wildman–Crippen LogP) is 4.73. The van der Waals surface area contributed by atoms with Crippen molar-refractivity contribution < 1.29 is 22.7 Å². The summed E-state index contributed by atoms with van der Waals surface area (Å²) in [5, 5.41) is 2.64. The van der Waals surface area contributed by atoms with Gasteiger partial charge in [-0.1, -0.05) is 23.7 Å². The van der Waals surface area contributed by atoms with Crippen LogP contribution in [0.15, 0.2) is 48.5 Å². The molecule has 0 heterocycles. The Balaban J connectivity index is 1.99. The van der Waals surface area contributed by atoms with E-state index in [4.69, 9.17) is 11.6 Å². The summed E-state index contributed by atoms with van der Waals surface area (Å²) in [7, 11) is 0. The molecule has 0 aliphatic carbocycles. The molecule has 0 unspecified atom stereocenters. The Hall–Kier alpha value is -2.47. The van der Waals surface area contributed by atoms with Crippen molar-refractivity contribution in [2.75, 3.05) is 5.32 Å². The van der Waals surface area contributed by atoms with E-state index >= 15 is 0 Å². The number of carbonyl (C=O) groups is 1. The van der Waals surface area contributed by atoms with E-state index < -0.39 is 18.3 Å². The molecule has 2 rings (SSSR count). The molecule has 0 bridgehead atoms. The maximum absolute atomic E-state index is 13.5. The Morgan fingerprint density at radius 2 is 1.87 bits per heavy atom. The van der Waals surface area contributed by atoms with E-state index in [0.29, 0.717) is 10.6 Å². The monoisotopic (exact) mass is 341 g/mol.